The van der Waals surface area contributed by atoms with Gasteiger partial charge in [0.1, 0.15) is 0 Å². The lowest BCUT2D eigenvalue weighted by atomic mass is 10.1. The molecule has 0 saturated heterocycles. The lowest BCUT2D eigenvalue weighted by Crippen LogP contribution is -2.08. The third-order valence-corrected chi connectivity index (χ3v) is 3.57. The molecular formula is C13H15BrN2O. The zero-order valence-corrected chi connectivity index (χ0v) is 11.3. The second kappa shape index (κ2) is 5.47. The number of imidazole rings is 1. The van der Waals surface area contributed by atoms with Crippen LogP contribution in [0.2, 0.25) is 0 Å². The first-order chi connectivity index (χ1) is 8.22. The molecule has 90 valence electrons. The van der Waals surface area contributed by atoms with E-state index in [2.05, 4.69) is 20.9 Å². The minimum absolute atomic E-state index is 0.517. The molecule has 1 aromatic carbocycles. The van der Waals surface area contributed by atoms with Gasteiger partial charge in [-0.2, -0.15) is 0 Å². The predicted octanol–water partition coefficient (Wildman–Crippen LogP) is 2.94. The van der Waals surface area contributed by atoms with E-state index >= 15 is 0 Å². The van der Waals surface area contributed by atoms with E-state index in [1.807, 2.05) is 35.8 Å². The summed E-state index contributed by atoms with van der Waals surface area (Å²) in [5, 5.41) is 10.2. The van der Waals surface area contributed by atoms with Gasteiger partial charge >= 0.3 is 0 Å². The van der Waals surface area contributed by atoms with Gasteiger partial charge in [0.15, 0.2) is 0 Å². The summed E-state index contributed by atoms with van der Waals surface area (Å²) in [6.45, 7) is 2.86. The summed E-state index contributed by atoms with van der Waals surface area (Å²) in [6.07, 6.45) is 3.55. The quantitative estimate of drug-likeness (QED) is 0.941. The maximum absolute atomic E-state index is 10.2. The van der Waals surface area contributed by atoms with Crippen molar-refractivity contribution in [1.29, 1.82) is 0 Å². The van der Waals surface area contributed by atoms with Crippen LogP contribution < -0.4 is 0 Å². The van der Waals surface area contributed by atoms with Gasteiger partial charge in [-0.1, -0.05) is 34.1 Å². The van der Waals surface area contributed by atoms with Crippen LogP contribution in [0.1, 0.15) is 24.3 Å². The van der Waals surface area contributed by atoms with Crippen LogP contribution in [0.3, 0.4) is 0 Å². The van der Waals surface area contributed by atoms with Crippen LogP contribution in [0.5, 0.6) is 0 Å². The number of benzene rings is 1. The van der Waals surface area contributed by atoms with Crippen molar-refractivity contribution in [1.82, 2.24) is 9.55 Å². The molecule has 2 aromatic rings. The van der Waals surface area contributed by atoms with Gasteiger partial charge < -0.3 is 9.67 Å². The van der Waals surface area contributed by atoms with Gasteiger partial charge in [-0.05, 0) is 18.6 Å². The smallest absolute Gasteiger partial charge is 0.0996 e. The van der Waals surface area contributed by atoms with Gasteiger partial charge in [0, 0.05) is 17.4 Å². The minimum Gasteiger partial charge on any atom is -0.386 e. The molecule has 0 aliphatic rings. The highest BCUT2D eigenvalue weighted by molar-refractivity contribution is 9.10. The van der Waals surface area contributed by atoms with Crippen LogP contribution in [-0.2, 0) is 13.0 Å². The lowest BCUT2D eigenvalue weighted by Gasteiger charge is -2.13. The zero-order valence-electron chi connectivity index (χ0n) is 9.68. The van der Waals surface area contributed by atoms with Crippen molar-refractivity contribution >= 4 is 15.9 Å². The van der Waals surface area contributed by atoms with E-state index in [1.165, 1.54) is 0 Å². The first kappa shape index (κ1) is 12.3. The predicted molar refractivity (Wildman–Crippen MR) is 70.7 cm³/mol. The molecule has 0 spiro atoms. The normalized spacial score (nSPS) is 12.6. The van der Waals surface area contributed by atoms with Crippen molar-refractivity contribution in [3.8, 4) is 0 Å². The molecular weight excluding hydrogens is 280 g/mol. The average molecular weight is 295 g/mol. The van der Waals surface area contributed by atoms with E-state index in [1.54, 1.807) is 12.5 Å². The zero-order chi connectivity index (χ0) is 12.3. The molecule has 0 saturated carbocycles. The topological polar surface area (TPSA) is 38.0 Å². The van der Waals surface area contributed by atoms with Crippen LogP contribution in [0.25, 0.3) is 0 Å². The Morgan fingerprint density at radius 1 is 1.41 bits per heavy atom. The molecule has 1 aromatic heterocycles. The summed E-state index contributed by atoms with van der Waals surface area (Å²) in [4.78, 5) is 4.07. The fourth-order valence-corrected chi connectivity index (χ4v) is 2.30. The fourth-order valence-electron chi connectivity index (χ4n) is 1.85. The highest BCUT2D eigenvalue weighted by atomic mass is 79.9. The van der Waals surface area contributed by atoms with Crippen molar-refractivity contribution in [2.24, 2.45) is 0 Å². The largest absolute Gasteiger partial charge is 0.386 e. The number of aliphatic hydroxyl groups excluding tert-OH is 1. The van der Waals surface area contributed by atoms with Gasteiger partial charge in [-0.3, -0.25) is 0 Å². The molecule has 4 heteroatoms. The van der Waals surface area contributed by atoms with Crippen molar-refractivity contribution in [3.05, 3.63) is 52.5 Å². The van der Waals surface area contributed by atoms with Gasteiger partial charge in [-0.25, -0.2) is 4.98 Å². The number of hydrogen-bond acceptors (Lipinski definition) is 2. The van der Waals surface area contributed by atoms with E-state index in [-0.39, 0.29) is 0 Å². The first-order valence-corrected chi connectivity index (χ1v) is 6.43. The summed E-state index contributed by atoms with van der Waals surface area (Å²) in [5.41, 5.74) is 1.96. The van der Waals surface area contributed by atoms with Crippen molar-refractivity contribution in [2.75, 3.05) is 0 Å². The third kappa shape index (κ3) is 2.76. The second-order valence-corrected chi connectivity index (χ2v) is 4.77. The van der Waals surface area contributed by atoms with Gasteiger partial charge in [-0.15, -0.1) is 0 Å². The molecule has 1 unspecified atom stereocenters. The van der Waals surface area contributed by atoms with Crippen LogP contribution >= 0.6 is 15.9 Å². The van der Waals surface area contributed by atoms with E-state index < -0.39 is 6.10 Å². The molecule has 0 aliphatic heterocycles. The van der Waals surface area contributed by atoms with Crippen LogP contribution in [0, 0.1) is 0 Å². The number of aromatic nitrogens is 2. The van der Waals surface area contributed by atoms with Crippen molar-refractivity contribution < 1.29 is 5.11 Å². The Bertz CT molecular complexity index is 496. The Balaban J connectivity index is 2.17. The molecule has 1 N–H and O–H groups in total. The van der Waals surface area contributed by atoms with Crippen molar-refractivity contribution in [2.45, 2.75) is 26.0 Å². The molecule has 0 bridgehead atoms. The summed E-state index contributed by atoms with van der Waals surface area (Å²) >= 11 is 3.49. The summed E-state index contributed by atoms with van der Waals surface area (Å²) < 4.78 is 2.99. The van der Waals surface area contributed by atoms with Gasteiger partial charge in [0.05, 0.1) is 24.3 Å². The third-order valence-electron chi connectivity index (χ3n) is 2.80. The number of nitrogens with zero attached hydrogens (tertiary/aromatic N) is 2. The molecule has 0 radical (unpaired) electrons. The average Bonchev–Trinajstić information content (AvgIpc) is 2.80. The molecule has 2 rings (SSSR count). The number of hydrogen-bond donors (Lipinski definition) is 1. The Kier molecular flexibility index (Phi) is 3.97. The van der Waals surface area contributed by atoms with Crippen LogP contribution in [0.4, 0.5) is 0 Å². The highest BCUT2D eigenvalue weighted by Crippen LogP contribution is 2.23. The Morgan fingerprint density at radius 3 is 2.88 bits per heavy atom. The maximum atomic E-state index is 10.2. The summed E-state index contributed by atoms with van der Waals surface area (Å²) in [6, 6.07) is 7.94. The second-order valence-electron chi connectivity index (χ2n) is 3.92. The maximum Gasteiger partial charge on any atom is 0.0996 e. The Labute approximate surface area is 109 Å². The van der Waals surface area contributed by atoms with Crippen LogP contribution in [0.15, 0.2) is 41.3 Å². The SMILES string of the molecule is CCn1cncc1C(O)Cc1ccccc1Br. The molecule has 1 atom stereocenters. The molecule has 17 heavy (non-hydrogen) atoms. The molecule has 0 aliphatic carbocycles. The number of halogens is 1. The summed E-state index contributed by atoms with van der Waals surface area (Å²) in [5.74, 6) is 0. The minimum atomic E-state index is -0.517. The van der Waals surface area contributed by atoms with Gasteiger partial charge in [0.2, 0.25) is 0 Å². The van der Waals surface area contributed by atoms with E-state index in [9.17, 15) is 5.11 Å². The van der Waals surface area contributed by atoms with E-state index in [4.69, 9.17) is 0 Å². The molecule has 1 heterocycles. The van der Waals surface area contributed by atoms with Gasteiger partial charge in [0.25, 0.3) is 0 Å². The standard InChI is InChI=1S/C13H15BrN2O/c1-2-16-9-15-8-12(16)13(17)7-10-5-3-4-6-11(10)14/h3-6,8-9,13,17H,2,7H2,1H3. The van der Waals surface area contributed by atoms with E-state index in [0.717, 1.165) is 22.3 Å². The number of rotatable bonds is 4. The highest BCUT2D eigenvalue weighted by Gasteiger charge is 2.14. The fraction of sp³-hybridized carbons (Fsp3) is 0.308. The van der Waals surface area contributed by atoms with E-state index in [0.29, 0.717) is 6.42 Å². The number of aliphatic hydroxyl groups is 1. The first-order valence-electron chi connectivity index (χ1n) is 5.64. The Morgan fingerprint density at radius 2 is 2.18 bits per heavy atom. The van der Waals surface area contributed by atoms with Crippen molar-refractivity contribution in [3.63, 3.8) is 0 Å². The molecule has 0 amide bonds. The lowest BCUT2D eigenvalue weighted by molar-refractivity contribution is 0.168. The Hall–Kier alpha value is -1.13. The molecule has 0 fully saturated rings. The summed E-state index contributed by atoms with van der Waals surface area (Å²) in [7, 11) is 0. The molecule has 3 nitrogen and oxygen atoms in total. The number of aryl methyl sites for hydroxylation is 1. The monoisotopic (exact) mass is 294 g/mol. The van der Waals surface area contributed by atoms with Crippen LogP contribution in [-0.4, -0.2) is 14.7 Å².